The molecule has 0 rings (SSSR count). The van der Waals surface area contributed by atoms with E-state index in [1.165, 1.54) is 109 Å². The van der Waals surface area contributed by atoms with Crippen molar-refractivity contribution < 1.29 is 19.4 Å². The van der Waals surface area contributed by atoms with Crippen molar-refractivity contribution >= 4 is 11.9 Å². The fourth-order valence-corrected chi connectivity index (χ4v) is 5.20. The highest BCUT2D eigenvalue weighted by Crippen LogP contribution is 2.15. The Hall–Kier alpha value is -1.84. The Kier molecular flexibility index (Phi) is 32.2. The number of rotatable bonds is 32. The van der Waals surface area contributed by atoms with Gasteiger partial charge in [-0.1, -0.05) is 160 Å². The molecule has 0 saturated heterocycles. The van der Waals surface area contributed by atoms with Crippen molar-refractivity contribution in [1.82, 2.24) is 0 Å². The van der Waals surface area contributed by atoms with Crippen LogP contribution in [0.15, 0.2) is 36.5 Å². The first-order chi connectivity index (χ1) is 20.6. The van der Waals surface area contributed by atoms with Gasteiger partial charge in [0.1, 0.15) is 6.10 Å². The van der Waals surface area contributed by atoms with Crippen LogP contribution in [-0.4, -0.2) is 23.1 Å². The third kappa shape index (κ3) is 32.7. The zero-order chi connectivity index (χ0) is 30.8. The number of carboxylic acid groups (broad SMARTS) is 1. The van der Waals surface area contributed by atoms with E-state index < -0.39 is 5.97 Å². The van der Waals surface area contributed by atoms with E-state index >= 15 is 0 Å². The van der Waals surface area contributed by atoms with E-state index in [1.807, 2.05) is 12.2 Å². The molecular formula is C38H68O4. The summed E-state index contributed by atoms with van der Waals surface area (Å²) in [6.45, 7) is 4.40. The predicted octanol–water partition coefficient (Wildman–Crippen LogP) is 12.2. The van der Waals surface area contributed by atoms with Crippen LogP contribution in [0.4, 0.5) is 0 Å². The Morgan fingerprint density at radius 1 is 0.548 bits per heavy atom. The van der Waals surface area contributed by atoms with Gasteiger partial charge in [-0.2, -0.15) is 0 Å². The molecule has 0 spiro atoms. The molecule has 1 unspecified atom stereocenters. The average Bonchev–Trinajstić information content (AvgIpc) is 2.97. The summed E-state index contributed by atoms with van der Waals surface area (Å²) in [7, 11) is 0. The molecule has 0 amide bonds. The fourth-order valence-electron chi connectivity index (χ4n) is 5.20. The lowest BCUT2D eigenvalue weighted by atomic mass is 10.0. The second kappa shape index (κ2) is 33.7. The Balaban J connectivity index is 3.82. The van der Waals surface area contributed by atoms with Crippen molar-refractivity contribution in [2.24, 2.45) is 0 Å². The van der Waals surface area contributed by atoms with Gasteiger partial charge in [-0.25, -0.2) is 0 Å². The first-order valence-corrected chi connectivity index (χ1v) is 18.0. The van der Waals surface area contributed by atoms with Crippen molar-refractivity contribution in [1.29, 1.82) is 0 Å². The minimum Gasteiger partial charge on any atom is -0.481 e. The Bertz CT molecular complexity index is 679. The van der Waals surface area contributed by atoms with Gasteiger partial charge in [0, 0.05) is 12.8 Å². The van der Waals surface area contributed by atoms with Gasteiger partial charge in [0.15, 0.2) is 0 Å². The van der Waals surface area contributed by atoms with E-state index in [2.05, 4.69) is 38.2 Å². The second-order valence-corrected chi connectivity index (χ2v) is 12.0. The number of unbranched alkanes of at least 4 members (excludes halogenated alkanes) is 21. The van der Waals surface area contributed by atoms with E-state index in [-0.39, 0.29) is 18.5 Å². The number of carbonyl (C=O) groups excluding carboxylic acids is 1. The highest BCUT2D eigenvalue weighted by molar-refractivity contribution is 5.69. The minimum atomic E-state index is -0.732. The molecule has 0 bridgehead atoms. The van der Waals surface area contributed by atoms with Crippen LogP contribution in [0.1, 0.15) is 187 Å². The third-order valence-electron chi connectivity index (χ3n) is 7.84. The van der Waals surface area contributed by atoms with Gasteiger partial charge in [-0.05, 0) is 50.7 Å². The molecule has 4 heteroatoms. The van der Waals surface area contributed by atoms with Crippen LogP contribution in [-0.2, 0) is 14.3 Å². The number of aliphatic carboxylic acids is 1. The number of esters is 1. The first-order valence-electron chi connectivity index (χ1n) is 18.0. The molecule has 0 aliphatic rings. The maximum Gasteiger partial charge on any atom is 0.306 e. The van der Waals surface area contributed by atoms with E-state index in [1.54, 1.807) is 0 Å². The number of hydrogen-bond acceptors (Lipinski definition) is 3. The molecule has 0 radical (unpaired) electrons. The van der Waals surface area contributed by atoms with Gasteiger partial charge in [0.25, 0.3) is 0 Å². The Morgan fingerprint density at radius 3 is 1.50 bits per heavy atom. The van der Waals surface area contributed by atoms with Crippen molar-refractivity contribution in [2.45, 2.75) is 193 Å². The molecule has 0 aromatic heterocycles. The lowest BCUT2D eigenvalue weighted by Gasteiger charge is -2.11. The Labute approximate surface area is 260 Å². The van der Waals surface area contributed by atoms with Gasteiger partial charge in [0.2, 0.25) is 0 Å². The van der Waals surface area contributed by atoms with Crippen molar-refractivity contribution in [3.63, 3.8) is 0 Å². The van der Waals surface area contributed by atoms with Crippen LogP contribution >= 0.6 is 0 Å². The summed E-state index contributed by atoms with van der Waals surface area (Å²) >= 11 is 0. The Morgan fingerprint density at radius 2 is 1.00 bits per heavy atom. The fraction of sp³-hybridized carbons (Fsp3) is 0.789. The maximum absolute atomic E-state index is 12.4. The number of hydrogen-bond donors (Lipinski definition) is 1. The standard InChI is InChI=1S/C38H68O4/c1-3-5-7-9-10-11-12-13-14-15-16-17-18-19-20-21-22-27-31-35-38(41)42-36(32-28-24-8-6-4-2)33-29-25-23-26-30-34-37(39)40/h6,8,28-29,32-33,36H,3-5,7,9-27,30-31,34-35H2,1-2H3,(H,39,40)/b8-6-,32-28-,33-29-. The van der Waals surface area contributed by atoms with Crippen LogP contribution in [0.5, 0.6) is 0 Å². The highest BCUT2D eigenvalue weighted by atomic mass is 16.5. The molecule has 1 N–H and O–H groups in total. The smallest absolute Gasteiger partial charge is 0.306 e. The predicted molar refractivity (Wildman–Crippen MR) is 181 cm³/mol. The number of carbonyl (C=O) groups is 2. The summed E-state index contributed by atoms with van der Waals surface area (Å²) in [5.41, 5.74) is 0. The molecule has 0 aromatic rings. The van der Waals surface area contributed by atoms with Crippen LogP contribution in [0, 0.1) is 0 Å². The topological polar surface area (TPSA) is 63.6 Å². The zero-order valence-corrected chi connectivity index (χ0v) is 27.8. The van der Waals surface area contributed by atoms with Crippen LogP contribution in [0.3, 0.4) is 0 Å². The molecule has 4 nitrogen and oxygen atoms in total. The monoisotopic (exact) mass is 589 g/mol. The number of allylic oxidation sites excluding steroid dienone is 4. The summed E-state index contributed by atoms with van der Waals surface area (Å²) in [5.74, 6) is -0.850. The van der Waals surface area contributed by atoms with Crippen LogP contribution in [0.25, 0.3) is 0 Å². The average molecular weight is 589 g/mol. The van der Waals surface area contributed by atoms with Crippen molar-refractivity contribution in [3.05, 3.63) is 36.5 Å². The minimum absolute atomic E-state index is 0.119. The summed E-state index contributed by atoms with van der Waals surface area (Å²) in [6.07, 6.45) is 43.6. The molecule has 244 valence electrons. The molecule has 0 aliphatic carbocycles. The third-order valence-corrected chi connectivity index (χ3v) is 7.84. The molecular weight excluding hydrogens is 520 g/mol. The summed E-state index contributed by atoms with van der Waals surface area (Å²) < 4.78 is 5.74. The van der Waals surface area contributed by atoms with E-state index in [9.17, 15) is 9.59 Å². The molecule has 0 fully saturated rings. The van der Waals surface area contributed by atoms with Crippen LogP contribution in [0.2, 0.25) is 0 Å². The molecule has 0 heterocycles. The van der Waals surface area contributed by atoms with E-state index in [0.717, 1.165) is 44.9 Å². The van der Waals surface area contributed by atoms with E-state index in [4.69, 9.17) is 9.84 Å². The zero-order valence-electron chi connectivity index (χ0n) is 27.8. The highest BCUT2D eigenvalue weighted by Gasteiger charge is 2.08. The normalized spacial score (nSPS) is 12.6. The molecule has 0 saturated carbocycles. The summed E-state index contributed by atoms with van der Waals surface area (Å²) in [4.78, 5) is 23.1. The van der Waals surface area contributed by atoms with Gasteiger partial charge in [-0.15, -0.1) is 0 Å². The lowest BCUT2D eigenvalue weighted by Crippen LogP contribution is -2.13. The molecule has 1 atom stereocenters. The maximum atomic E-state index is 12.4. The quantitative estimate of drug-likeness (QED) is 0.0482. The van der Waals surface area contributed by atoms with Crippen LogP contribution < -0.4 is 0 Å². The summed E-state index contributed by atoms with van der Waals surface area (Å²) in [6, 6.07) is 0. The van der Waals surface area contributed by atoms with Gasteiger partial charge < -0.3 is 9.84 Å². The van der Waals surface area contributed by atoms with Crippen molar-refractivity contribution in [2.75, 3.05) is 0 Å². The first kappa shape index (κ1) is 40.2. The second-order valence-electron chi connectivity index (χ2n) is 12.0. The number of ether oxygens (including phenoxy) is 1. The SMILES string of the molecule is CC/C=C\C/C=C\C(/C=C\CCCCCC(=O)O)OC(=O)CCCCCCCCCCCCCCCCCCCCC. The number of carboxylic acids is 1. The molecule has 0 aliphatic heterocycles. The molecule has 0 aromatic carbocycles. The van der Waals surface area contributed by atoms with Gasteiger partial charge >= 0.3 is 11.9 Å². The molecule has 42 heavy (non-hydrogen) atoms. The van der Waals surface area contributed by atoms with Crippen molar-refractivity contribution in [3.8, 4) is 0 Å². The summed E-state index contributed by atoms with van der Waals surface area (Å²) in [5, 5.41) is 8.74. The van der Waals surface area contributed by atoms with E-state index in [0.29, 0.717) is 12.8 Å². The van der Waals surface area contributed by atoms with Gasteiger partial charge in [-0.3, -0.25) is 9.59 Å². The van der Waals surface area contributed by atoms with Gasteiger partial charge in [0.05, 0.1) is 0 Å². The largest absolute Gasteiger partial charge is 0.481 e. The lowest BCUT2D eigenvalue weighted by molar-refractivity contribution is -0.145.